The Kier molecular flexibility index (Phi) is 14.1. The third-order valence-electron chi connectivity index (χ3n) is 7.31. The van der Waals surface area contributed by atoms with E-state index in [-0.39, 0.29) is 38.4 Å². The Labute approximate surface area is 248 Å². The second-order valence-corrected chi connectivity index (χ2v) is 12.3. The highest BCUT2D eigenvalue weighted by Gasteiger charge is 2.48. The van der Waals surface area contributed by atoms with Crippen LogP contribution in [-0.2, 0) is 61.8 Å². The number of rotatable bonds is 16. The molecule has 0 saturated carbocycles. The molecule has 0 aromatic carbocycles. The molecule has 1 spiro atoms. The Bertz CT molecular complexity index is 882. The molecule has 13 heteroatoms. The molecule has 0 N–H and O–H groups in total. The number of carbonyl (C=O) groups is 4. The zero-order valence-corrected chi connectivity index (χ0v) is 26.0. The van der Waals surface area contributed by atoms with Crippen LogP contribution in [0, 0.1) is 22.2 Å². The maximum Gasteiger partial charge on any atom is 0.308 e. The smallest absolute Gasteiger partial charge is 0.308 e. The van der Waals surface area contributed by atoms with Crippen molar-refractivity contribution < 1.29 is 61.8 Å². The molecule has 2 aliphatic rings. The van der Waals surface area contributed by atoms with Gasteiger partial charge in [-0.1, -0.05) is 27.7 Å². The Morgan fingerprint density at radius 2 is 1.14 bits per heavy atom. The van der Waals surface area contributed by atoms with E-state index in [2.05, 4.69) is 4.74 Å². The first-order valence-electron chi connectivity index (χ1n) is 14.2. The monoisotopic (exact) mass is 604 g/mol. The third-order valence-corrected chi connectivity index (χ3v) is 7.31. The minimum Gasteiger partial charge on any atom is -0.469 e. The van der Waals surface area contributed by atoms with Gasteiger partial charge < -0.3 is 42.6 Å². The van der Waals surface area contributed by atoms with Crippen molar-refractivity contribution in [2.45, 2.75) is 72.4 Å². The maximum absolute atomic E-state index is 12.4. The molecule has 0 amide bonds. The summed E-state index contributed by atoms with van der Waals surface area (Å²) in [4.78, 5) is 47.5. The number of hydrogen-bond acceptors (Lipinski definition) is 13. The summed E-state index contributed by atoms with van der Waals surface area (Å²) in [7, 11) is 4.13. The molecule has 1 atom stereocenters. The third kappa shape index (κ3) is 11.1. The van der Waals surface area contributed by atoms with Gasteiger partial charge in [0.25, 0.3) is 0 Å². The summed E-state index contributed by atoms with van der Waals surface area (Å²) in [5.74, 6) is -2.20. The van der Waals surface area contributed by atoms with Gasteiger partial charge in [-0.15, -0.1) is 0 Å². The lowest BCUT2D eigenvalue weighted by atomic mass is 9.86. The first-order chi connectivity index (χ1) is 19.8. The van der Waals surface area contributed by atoms with Gasteiger partial charge in [0, 0.05) is 31.0 Å². The molecule has 1 unspecified atom stereocenters. The highest BCUT2D eigenvalue weighted by atomic mass is 16.7. The van der Waals surface area contributed by atoms with Crippen LogP contribution in [-0.4, -0.2) is 104 Å². The average molecular weight is 605 g/mol. The highest BCUT2D eigenvalue weighted by Crippen LogP contribution is 2.38. The number of ether oxygens (including phenoxy) is 9. The van der Waals surface area contributed by atoms with Crippen LogP contribution in [0.3, 0.4) is 0 Å². The lowest BCUT2D eigenvalue weighted by molar-refractivity contribution is -0.337. The normalized spacial score (nSPS) is 23.6. The molecule has 2 rings (SSSR count). The van der Waals surface area contributed by atoms with Crippen LogP contribution >= 0.6 is 0 Å². The lowest BCUT2D eigenvalue weighted by Crippen LogP contribution is -2.57. The van der Waals surface area contributed by atoms with Crippen molar-refractivity contribution in [3.05, 3.63) is 0 Å². The lowest BCUT2D eigenvalue weighted by Gasteiger charge is -2.48. The van der Waals surface area contributed by atoms with E-state index in [0.717, 1.165) is 0 Å². The maximum atomic E-state index is 12.4. The topological polar surface area (TPSA) is 151 Å². The summed E-state index contributed by atoms with van der Waals surface area (Å²) >= 11 is 0. The molecule has 2 saturated heterocycles. The van der Waals surface area contributed by atoms with E-state index in [9.17, 15) is 19.2 Å². The van der Waals surface area contributed by atoms with Crippen LogP contribution in [0.2, 0.25) is 0 Å². The van der Waals surface area contributed by atoms with Gasteiger partial charge in [0.05, 0.1) is 64.8 Å². The molecule has 0 aromatic heterocycles. The van der Waals surface area contributed by atoms with Crippen molar-refractivity contribution in [1.82, 2.24) is 0 Å². The summed E-state index contributed by atoms with van der Waals surface area (Å²) < 4.78 is 49.4. The van der Waals surface area contributed by atoms with Crippen LogP contribution in [0.25, 0.3) is 0 Å². The van der Waals surface area contributed by atoms with Crippen LogP contribution in [0.4, 0.5) is 0 Å². The molecule has 242 valence electrons. The standard InChI is InChI=1S/C29H48O13/c1-27(2,14-37-22(31)9-8-20(12-13-34-5)24(33)36-7)25-39-16-29(17-40-25)18-41-26(42-19-29)28(3,4)15-38-23(32)11-10-21(30)35-6/h20,25-26H,8-19H2,1-7H3. The Morgan fingerprint density at radius 1 is 0.690 bits per heavy atom. The van der Waals surface area contributed by atoms with E-state index >= 15 is 0 Å². The van der Waals surface area contributed by atoms with E-state index in [0.29, 0.717) is 45.9 Å². The van der Waals surface area contributed by atoms with Gasteiger partial charge in [0.1, 0.15) is 13.2 Å². The Balaban J connectivity index is 1.75. The fraction of sp³-hybridized carbons (Fsp3) is 0.862. The zero-order valence-electron chi connectivity index (χ0n) is 26.0. The molecule has 42 heavy (non-hydrogen) atoms. The van der Waals surface area contributed by atoms with E-state index in [4.69, 9.17) is 37.9 Å². The van der Waals surface area contributed by atoms with Crippen molar-refractivity contribution >= 4 is 23.9 Å². The van der Waals surface area contributed by atoms with Crippen molar-refractivity contribution in [2.75, 3.05) is 67.6 Å². The fourth-order valence-corrected chi connectivity index (χ4v) is 4.48. The van der Waals surface area contributed by atoms with Gasteiger partial charge in [-0.2, -0.15) is 0 Å². The fourth-order valence-electron chi connectivity index (χ4n) is 4.48. The van der Waals surface area contributed by atoms with E-state index in [1.807, 2.05) is 27.7 Å². The SMILES string of the molecule is COCCC(CCC(=O)OCC(C)(C)C1OCC2(COC(C(C)(C)COC(=O)CCC(=O)OC)OC2)CO1)C(=O)OC. The Hall–Kier alpha value is -2.32. The van der Waals surface area contributed by atoms with Crippen LogP contribution in [0.1, 0.15) is 59.8 Å². The van der Waals surface area contributed by atoms with Gasteiger partial charge in [-0.25, -0.2) is 0 Å². The quantitative estimate of drug-likeness (QED) is 0.187. The van der Waals surface area contributed by atoms with Crippen molar-refractivity contribution in [3.63, 3.8) is 0 Å². The van der Waals surface area contributed by atoms with E-state index in [1.54, 1.807) is 7.11 Å². The number of methoxy groups -OCH3 is 3. The minimum atomic E-state index is -0.631. The summed E-state index contributed by atoms with van der Waals surface area (Å²) in [6.07, 6.45) is -0.476. The molecule has 2 fully saturated rings. The van der Waals surface area contributed by atoms with Crippen molar-refractivity contribution in [3.8, 4) is 0 Å². The molecule has 2 aliphatic heterocycles. The number of hydrogen-bond donors (Lipinski definition) is 0. The zero-order chi connectivity index (χ0) is 31.4. The predicted octanol–water partition coefficient (Wildman–Crippen LogP) is 2.42. The van der Waals surface area contributed by atoms with Gasteiger partial charge in [0.2, 0.25) is 0 Å². The average Bonchev–Trinajstić information content (AvgIpc) is 2.98. The van der Waals surface area contributed by atoms with E-state index < -0.39 is 52.7 Å². The summed E-state index contributed by atoms with van der Waals surface area (Å²) in [6.45, 7) is 9.33. The first kappa shape index (κ1) is 35.9. The molecular weight excluding hydrogens is 556 g/mol. The molecule has 0 bridgehead atoms. The van der Waals surface area contributed by atoms with Crippen LogP contribution in [0.5, 0.6) is 0 Å². The van der Waals surface area contributed by atoms with Crippen molar-refractivity contribution in [2.24, 2.45) is 22.2 Å². The summed E-state index contributed by atoms with van der Waals surface area (Å²) in [5.41, 5.74) is -1.76. The van der Waals surface area contributed by atoms with E-state index in [1.165, 1.54) is 14.2 Å². The largest absolute Gasteiger partial charge is 0.469 e. The molecule has 0 aliphatic carbocycles. The summed E-state index contributed by atoms with van der Waals surface area (Å²) in [6, 6.07) is 0. The van der Waals surface area contributed by atoms with Gasteiger partial charge in [0.15, 0.2) is 12.6 Å². The minimum absolute atomic E-state index is 0.0400. The van der Waals surface area contributed by atoms with Gasteiger partial charge >= 0.3 is 23.9 Å². The van der Waals surface area contributed by atoms with Crippen molar-refractivity contribution in [1.29, 1.82) is 0 Å². The summed E-state index contributed by atoms with van der Waals surface area (Å²) in [5, 5.41) is 0. The van der Waals surface area contributed by atoms with Crippen LogP contribution in [0.15, 0.2) is 0 Å². The number of esters is 4. The first-order valence-corrected chi connectivity index (χ1v) is 14.2. The van der Waals surface area contributed by atoms with Crippen LogP contribution < -0.4 is 0 Å². The highest BCUT2D eigenvalue weighted by molar-refractivity contribution is 5.77. The molecule has 0 radical (unpaired) electrons. The van der Waals surface area contributed by atoms with Gasteiger partial charge in [-0.3, -0.25) is 19.2 Å². The molecule has 13 nitrogen and oxygen atoms in total. The Morgan fingerprint density at radius 3 is 1.57 bits per heavy atom. The second kappa shape index (κ2) is 16.5. The molecule has 0 aromatic rings. The second-order valence-electron chi connectivity index (χ2n) is 12.3. The number of carbonyl (C=O) groups excluding carboxylic acids is 4. The molecule has 2 heterocycles. The van der Waals surface area contributed by atoms with Gasteiger partial charge in [-0.05, 0) is 12.8 Å². The molecular formula is C29H48O13. The predicted molar refractivity (Wildman–Crippen MR) is 146 cm³/mol.